The molecule has 2 aromatic rings. The molecule has 0 radical (unpaired) electrons. The van der Waals surface area contributed by atoms with Gasteiger partial charge in [-0.25, -0.2) is 4.39 Å². The van der Waals surface area contributed by atoms with Gasteiger partial charge in [0.2, 0.25) is 11.8 Å². The monoisotopic (exact) mass is 340 g/mol. The largest absolute Gasteiger partial charge is 0.338 e. The Hall–Kier alpha value is -2.69. The third-order valence-electron chi connectivity index (χ3n) is 4.57. The molecule has 4 nitrogen and oxygen atoms in total. The number of hydrogen-bond donors (Lipinski definition) is 0. The Morgan fingerprint density at radius 2 is 1.84 bits per heavy atom. The number of hydrogen-bond acceptors (Lipinski definition) is 2. The fourth-order valence-corrected chi connectivity index (χ4v) is 3.28. The van der Waals surface area contributed by atoms with Crippen molar-refractivity contribution in [3.05, 3.63) is 71.5 Å². The second kappa shape index (κ2) is 7.47. The molecule has 1 aliphatic heterocycles. The first-order chi connectivity index (χ1) is 12.0. The van der Waals surface area contributed by atoms with Crippen molar-refractivity contribution >= 4 is 11.8 Å². The van der Waals surface area contributed by atoms with Gasteiger partial charge in [-0.05, 0) is 23.3 Å². The van der Waals surface area contributed by atoms with E-state index in [0.717, 1.165) is 5.56 Å². The molecule has 0 aliphatic carbocycles. The molecular formula is C20H21FN2O2. The highest BCUT2D eigenvalue weighted by atomic mass is 19.1. The summed E-state index contributed by atoms with van der Waals surface area (Å²) in [6.45, 7) is 3.01. The first kappa shape index (κ1) is 17.1. The maximum Gasteiger partial charge on any atom is 0.227 e. The van der Waals surface area contributed by atoms with Crippen molar-refractivity contribution in [1.29, 1.82) is 0 Å². The van der Waals surface area contributed by atoms with E-state index < -0.39 is 0 Å². The summed E-state index contributed by atoms with van der Waals surface area (Å²) in [5, 5.41) is 0. The van der Waals surface area contributed by atoms with Crippen LogP contribution in [0.5, 0.6) is 0 Å². The smallest absolute Gasteiger partial charge is 0.227 e. The lowest BCUT2D eigenvalue weighted by Crippen LogP contribution is -2.52. The van der Waals surface area contributed by atoms with E-state index in [1.807, 2.05) is 30.3 Å². The van der Waals surface area contributed by atoms with E-state index in [9.17, 15) is 14.0 Å². The zero-order valence-electron chi connectivity index (χ0n) is 14.2. The number of carbonyl (C=O) groups excluding carboxylic acids is 2. The van der Waals surface area contributed by atoms with Gasteiger partial charge in [0.25, 0.3) is 0 Å². The summed E-state index contributed by atoms with van der Waals surface area (Å²) in [6.07, 6.45) is 0.166. The zero-order valence-corrected chi connectivity index (χ0v) is 14.2. The van der Waals surface area contributed by atoms with Crippen LogP contribution in [0.4, 0.5) is 4.39 Å². The Labute approximate surface area is 146 Å². The number of carbonyl (C=O) groups is 2. The molecule has 1 aliphatic rings. The van der Waals surface area contributed by atoms with E-state index in [1.54, 1.807) is 28.9 Å². The first-order valence-corrected chi connectivity index (χ1v) is 8.39. The Morgan fingerprint density at radius 1 is 1.08 bits per heavy atom. The lowest BCUT2D eigenvalue weighted by molar-refractivity contribution is -0.141. The van der Waals surface area contributed by atoms with Gasteiger partial charge in [0.05, 0.1) is 12.5 Å². The van der Waals surface area contributed by atoms with Crippen LogP contribution in [-0.4, -0.2) is 41.2 Å². The minimum absolute atomic E-state index is 0.00563. The van der Waals surface area contributed by atoms with Crippen LogP contribution in [0.1, 0.15) is 24.1 Å². The second-order valence-corrected chi connectivity index (χ2v) is 6.29. The molecule has 2 aromatic carbocycles. The third-order valence-corrected chi connectivity index (χ3v) is 4.57. The van der Waals surface area contributed by atoms with Crippen LogP contribution in [-0.2, 0) is 16.0 Å². The van der Waals surface area contributed by atoms with Crippen LogP contribution in [0.15, 0.2) is 54.6 Å². The van der Waals surface area contributed by atoms with E-state index in [1.165, 1.54) is 12.1 Å². The van der Waals surface area contributed by atoms with Crippen molar-refractivity contribution in [3.63, 3.8) is 0 Å². The maximum atomic E-state index is 13.3. The summed E-state index contributed by atoms with van der Waals surface area (Å²) in [5.41, 5.74) is 1.68. The predicted octanol–water partition coefficient (Wildman–Crippen LogP) is 2.80. The molecule has 1 saturated heterocycles. The fourth-order valence-electron chi connectivity index (χ4n) is 3.28. The molecule has 0 saturated carbocycles. The van der Waals surface area contributed by atoms with Gasteiger partial charge >= 0.3 is 0 Å². The number of nitrogens with zero attached hydrogens (tertiary/aromatic N) is 2. The van der Waals surface area contributed by atoms with E-state index in [0.29, 0.717) is 25.2 Å². The van der Waals surface area contributed by atoms with E-state index >= 15 is 0 Å². The average molecular weight is 340 g/mol. The van der Waals surface area contributed by atoms with Crippen LogP contribution in [0.25, 0.3) is 0 Å². The van der Waals surface area contributed by atoms with Gasteiger partial charge in [-0.15, -0.1) is 0 Å². The predicted molar refractivity (Wildman–Crippen MR) is 93.3 cm³/mol. The van der Waals surface area contributed by atoms with Crippen LogP contribution < -0.4 is 0 Å². The first-order valence-electron chi connectivity index (χ1n) is 8.39. The van der Waals surface area contributed by atoms with Crippen LogP contribution in [0, 0.1) is 5.82 Å². The SMILES string of the molecule is CC(=O)N1CCN(C(=O)Cc2cccc(F)c2)C[C@@H]1c1ccccc1. The molecule has 2 amide bonds. The summed E-state index contributed by atoms with van der Waals surface area (Å²) < 4.78 is 13.3. The van der Waals surface area contributed by atoms with Gasteiger partial charge in [0, 0.05) is 26.6 Å². The van der Waals surface area contributed by atoms with Crippen LogP contribution in [0.3, 0.4) is 0 Å². The number of rotatable bonds is 3. The van der Waals surface area contributed by atoms with Crippen molar-refractivity contribution in [2.24, 2.45) is 0 Å². The molecule has 1 atom stereocenters. The maximum absolute atomic E-state index is 13.3. The fraction of sp³-hybridized carbons (Fsp3) is 0.300. The Bertz CT molecular complexity index is 763. The Balaban J connectivity index is 1.75. The van der Waals surface area contributed by atoms with Crippen molar-refractivity contribution in [2.45, 2.75) is 19.4 Å². The molecule has 0 aromatic heterocycles. The molecule has 130 valence electrons. The quantitative estimate of drug-likeness (QED) is 0.862. The molecule has 0 bridgehead atoms. The summed E-state index contributed by atoms with van der Waals surface area (Å²) in [6, 6.07) is 15.7. The van der Waals surface area contributed by atoms with Crippen LogP contribution in [0.2, 0.25) is 0 Å². The normalized spacial score (nSPS) is 17.4. The number of benzene rings is 2. The molecule has 1 fully saturated rings. The Kier molecular flexibility index (Phi) is 5.12. The average Bonchev–Trinajstić information content (AvgIpc) is 2.62. The summed E-state index contributed by atoms with van der Waals surface area (Å²) in [5.74, 6) is -0.380. The van der Waals surface area contributed by atoms with Crippen molar-refractivity contribution in [2.75, 3.05) is 19.6 Å². The number of halogens is 1. The third kappa shape index (κ3) is 4.05. The highest BCUT2D eigenvalue weighted by Gasteiger charge is 2.31. The topological polar surface area (TPSA) is 40.6 Å². The minimum Gasteiger partial charge on any atom is -0.338 e. The molecule has 0 unspecified atom stereocenters. The molecule has 0 N–H and O–H groups in total. The van der Waals surface area contributed by atoms with Gasteiger partial charge in [0.1, 0.15) is 5.82 Å². The van der Waals surface area contributed by atoms with Gasteiger partial charge in [0.15, 0.2) is 0 Å². The molecule has 25 heavy (non-hydrogen) atoms. The lowest BCUT2D eigenvalue weighted by Gasteiger charge is -2.41. The zero-order chi connectivity index (χ0) is 17.8. The van der Waals surface area contributed by atoms with Crippen LogP contribution >= 0.6 is 0 Å². The lowest BCUT2D eigenvalue weighted by atomic mass is 10.0. The van der Waals surface area contributed by atoms with Crippen molar-refractivity contribution < 1.29 is 14.0 Å². The van der Waals surface area contributed by atoms with Gasteiger partial charge in [-0.3, -0.25) is 9.59 Å². The molecular weight excluding hydrogens is 319 g/mol. The van der Waals surface area contributed by atoms with Gasteiger partial charge in [-0.1, -0.05) is 42.5 Å². The highest BCUT2D eigenvalue weighted by Crippen LogP contribution is 2.26. The molecule has 1 heterocycles. The van der Waals surface area contributed by atoms with E-state index in [2.05, 4.69) is 0 Å². The molecule has 3 rings (SSSR count). The number of piperazine rings is 1. The Morgan fingerprint density at radius 3 is 2.52 bits per heavy atom. The summed E-state index contributed by atoms with van der Waals surface area (Å²) >= 11 is 0. The molecule has 5 heteroatoms. The van der Waals surface area contributed by atoms with E-state index in [4.69, 9.17) is 0 Å². The highest BCUT2D eigenvalue weighted by molar-refractivity contribution is 5.80. The van der Waals surface area contributed by atoms with Gasteiger partial charge < -0.3 is 9.80 Å². The summed E-state index contributed by atoms with van der Waals surface area (Å²) in [7, 11) is 0. The van der Waals surface area contributed by atoms with Gasteiger partial charge in [-0.2, -0.15) is 0 Å². The van der Waals surface area contributed by atoms with Crippen molar-refractivity contribution in [1.82, 2.24) is 9.80 Å². The minimum atomic E-state index is -0.339. The standard InChI is InChI=1S/C20H21FN2O2/c1-15(24)23-11-10-22(14-19(23)17-7-3-2-4-8-17)20(25)13-16-6-5-9-18(21)12-16/h2-9,12,19H,10-11,13-14H2,1H3/t19-/m1/s1. The van der Waals surface area contributed by atoms with Crippen molar-refractivity contribution in [3.8, 4) is 0 Å². The van der Waals surface area contributed by atoms with E-state index in [-0.39, 0.29) is 30.1 Å². The number of amides is 2. The second-order valence-electron chi connectivity index (χ2n) is 6.29. The summed E-state index contributed by atoms with van der Waals surface area (Å²) in [4.78, 5) is 28.2. The molecule has 0 spiro atoms.